The molecule has 1 heterocycles. The molecule has 0 radical (unpaired) electrons. The van der Waals surface area contributed by atoms with Gasteiger partial charge in [0, 0.05) is 13.6 Å². The summed E-state index contributed by atoms with van der Waals surface area (Å²) < 4.78 is 0. The number of hydrogen-bond acceptors (Lipinski definition) is 3. The molecule has 0 aromatic rings. The van der Waals surface area contributed by atoms with Crippen molar-refractivity contribution in [1.29, 1.82) is 0 Å². The fourth-order valence-corrected chi connectivity index (χ4v) is 2.29. The van der Waals surface area contributed by atoms with E-state index in [1.807, 2.05) is 13.8 Å². The molecule has 1 aliphatic heterocycles. The van der Waals surface area contributed by atoms with Crippen LogP contribution in [0.5, 0.6) is 0 Å². The van der Waals surface area contributed by atoms with E-state index in [0.717, 1.165) is 12.8 Å². The number of amides is 2. The first kappa shape index (κ1) is 14.0. The van der Waals surface area contributed by atoms with Gasteiger partial charge >= 0.3 is 0 Å². The van der Waals surface area contributed by atoms with Gasteiger partial charge in [-0.15, -0.1) is 0 Å². The Balaban J connectivity index is 2.64. The van der Waals surface area contributed by atoms with Gasteiger partial charge in [0.1, 0.15) is 6.04 Å². The van der Waals surface area contributed by atoms with Gasteiger partial charge in [0.05, 0.1) is 6.04 Å². The molecule has 1 rings (SSSR count). The molecule has 3 N–H and O–H groups in total. The van der Waals surface area contributed by atoms with Crippen LogP contribution in [-0.4, -0.2) is 42.4 Å². The molecule has 98 valence electrons. The van der Waals surface area contributed by atoms with E-state index >= 15 is 0 Å². The van der Waals surface area contributed by atoms with Crippen molar-refractivity contribution in [2.75, 3.05) is 13.6 Å². The van der Waals surface area contributed by atoms with Crippen LogP contribution in [0.25, 0.3) is 0 Å². The average Bonchev–Trinajstić information content (AvgIpc) is 2.74. The zero-order valence-electron chi connectivity index (χ0n) is 10.9. The highest BCUT2D eigenvalue weighted by atomic mass is 16.2. The molecule has 17 heavy (non-hydrogen) atoms. The summed E-state index contributed by atoms with van der Waals surface area (Å²) in [4.78, 5) is 25.4. The van der Waals surface area contributed by atoms with E-state index in [1.165, 1.54) is 0 Å². The molecule has 1 aliphatic rings. The van der Waals surface area contributed by atoms with Crippen LogP contribution in [0.1, 0.15) is 33.1 Å². The third-order valence-corrected chi connectivity index (χ3v) is 3.13. The highest BCUT2D eigenvalue weighted by Crippen LogP contribution is 2.19. The molecule has 5 heteroatoms. The Morgan fingerprint density at radius 2 is 2.12 bits per heavy atom. The number of likely N-dealkylation sites (tertiary alicyclic amines) is 1. The van der Waals surface area contributed by atoms with Crippen LogP contribution in [0.15, 0.2) is 0 Å². The van der Waals surface area contributed by atoms with Gasteiger partial charge in [-0.05, 0) is 25.2 Å². The third-order valence-electron chi connectivity index (χ3n) is 3.13. The standard InChI is InChI=1S/C12H23N3O2/c1-8(2)7-9(13)12(17)15-6-4-5-10(15)11(16)14-3/h8-10H,4-7,13H2,1-3H3,(H,14,16). The smallest absolute Gasteiger partial charge is 0.242 e. The molecule has 0 aromatic carbocycles. The van der Waals surface area contributed by atoms with Crippen LogP contribution in [0.2, 0.25) is 0 Å². The fraction of sp³-hybridized carbons (Fsp3) is 0.833. The van der Waals surface area contributed by atoms with Crippen molar-refractivity contribution in [2.45, 2.75) is 45.2 Å². The van der Waals surface area contributed by atoms with Crippen molar-refractivity contribution in [3.63, 3.8) is 0 Å². The Bertz CT molecular complexity index is 291. The van der Waals surface area contributed by atoms with Gasteiger partial charge in [0.2, 0.25) is 11.8 Å². The largest absolute Gasteiger partial charge is 0.357 e. The van der Waals surface area contributed by atoms with Gasteiger partial charge in [0.25, 0.3) is 0 Å². The summed E-state index contributed by atoms with van der Waals surface area (Å²) in [6.07, 6.45) is 2.27. The van der Waals surface area contributed by atoms with Gasteiger partial charge in [-0.25, -0.2) is 0 Å². The maximum absolute atomic E-state index is 12.1. The number of hydrogen-bond donors (Lipinski definition) is 2. The van der Waals surface area contributed by atoms with Gasteiger partial charge in [-0.2, -0.15) is 0 Å². The molecule has 1 saturated heterocycles. The van der Waals surface area contributed by atoms with Crippen LogP contribution in [0.4, 0.5) is 0 Å². The summed E-state index contributed by atoms with van der Waals surface area (Å²) >= 11 is 0. The van der Waals surface area contributed by atoms with Crippen LogP contribution in [0, 0.1) is 5.92 Å². The van der Waals surface area contributed by atoms with Crippen LogP contribution in [0.3, 0.4) is 0 Å². The quantitative estimate of drug-likeness (QED) is 0.733. The van der Waals surface area contributed by atoms with Crippen molar-refractivity contribution < 1.29 is 9.59 Å². The number of likely N-dealkylation sites (N-methyl/N-ethyl adjacent to an activating group) is 1. The summed E-state index contributed by atoms with van der Waals surface area (Å²) in [6, 6.07) is -0.814. The van der Waals surface area contributed by atoms with Gasteiger partial charge < -0.3 is 16.0 Å². The maximum atomic E-state index is 12.1. The minimum absolute atomic E-state index is 0.0902. The van der Waals surface area contributed by atoms with Gasteiger partial charge in [-0.3, -0.25) is 9.59 Å². The second-order valence-corrected chi connectivity index (χ2v) is 5.04. The topological polar surface area (TPSA) is 75.4 Å². The first-order valence-corrected chi connectivity index (χ1v) is 6.25. The second-order valence-electron chi connectivity index (χ2n) is 5.04. The molecule has 0 aromatic heterocycles. The van der Waals surface area contributed by atoms with Crippen molar-refractivity contribution in [1.82, 2.24) is 10.2 Å². The molecule has 5 nitrogen and oxygen atoms in total. The number of carbonyl (C=O) groups is 2. The number of nitrogens with two attached hydrogens (primary N) is 1. The molecule has 1 fully saturated rings. The predicted molar refractivity (Wildman–Crippen MR) is 66.2 cm³/mol. The fourth-order valence-electron chi connectivity index (χ4n) is 2.29. The molecular weight excluding hydrogens is 218 g/mol. The van der Waals surface area contributed by atoms with Crippen LogP contribution < -0.4 is 11.1 Å². The zero-order chi connectivity index (χ0) is 13.0. The highest BCUT2D eigenvalue weighted by molar-refractivity contribution is 5.90. The van der Waals surface area contributed by atoms with Gasteiger partial charge in [-0.1, -0.05) is 13.8 Å². The molecule has 0 bridgehead atoms. The molecule has 0 spiro atoms. The number of nitrogens with one attached hydrogen (secondary N) is 1. The summed E-state index contributed by atoms with van der Waals surface area (Å²) in [5.41, 5.74) is 5.88. The average molecular weight is 241 g/mol. The lowest BCUT2D eigenvalue weighted by atomic mass is 10.0. The van der Waals surface area contributed by atoms with E-state index in [1.54, 1.807) is 11.9 Å². The van der Waals surface area contributed by atoms with Crippen molar-refractivity contribution in [2.24, 2.45) is 11.7 Å². The lowest BCUT2D eigenvalue weighted by Crippen LogP contribution is -2.51. The van der Waals surface area contributed by atoms with E-state index in [9.17, 15) is 9.59 Å². The molecule has 2 amide bonds. The minimum Gasteiger partial charge on any atom is -0.357 e. The predicted octanol–water partition coefficient (Wildman–Crippen LogP) is 0.0968. The Morgan fingerprint density at radius 1 is 1.47 bits per heavy atom. The third kappa shape index (κ3) is 3.43. The monoisotopic (exact) mass is 241 g/mol. The van der Waals surface area contributed by atoms with Crippen molar-refractivity contribution in [3.8, 4) is 0 Å². The summed E-state index contributed by atoms with van der Waals surface area (Å²) in [6.45, 7) is 4.71. The molecular formula is C12H23N3O2. The summed E-state index contributed by atoms with van der Waals surface area (Å²) in [5.74, 6) is 0.201. The SMILES string of the molecule is CNC(=O)C1CCCN1C(=O)C(N)CC(C)C. The molecule has 2 unspecified atom stereocenters. The van der Waals surface area contributed by atoms with Crippen LogP contribution in [-0.2, 0) is 9.59 Å². The van der Waals surface area contributed by atoms with Gasteiger partial charge in [0.15, 0.2) is 0 Å². The number of rotatable bonds is 4. The lowest BCUT2D eigenvalue weighted by molar-refractivity contribution is -0.139. The maximum Gasteiger partial charge on any atom is 0.242 e. The molecule has 0 aliphatic carbocycles. The molecule has 2 atom stereocenters. The number of nitrogens with zero attached hydrogens (tertiary/aromatic N) is 1. The minimum atomic E-state index is -0.486. The zero-order valence-corrected chi connectivity index (χ0v) is 10.9. The van der Waals surface area contributed by atoms with E-state index < -0.39 is 6.04 Å². The molecule has 0 saturated carbocycles. The van der Waals surface area contributed by atoms with E-state index in [4.69, 9.17) is 5.73 Å². The first-order chi connectivity index (χ1) is 7.97. The Morgan fingerprint density at radius 3 is 2.65 bits per heavy atom. The van der Waals surface area contributed by atoms with E-state index in [-0.39, 0.29) is 17.9 Å². The lowest BCUT2D eigenvalue weighted by Gasteiger charge is -2.26. The number of carbonyl (C=O) groups excluding carboxylic acids is 2. The van der Waals surface area contributed by atoms with E-state index in [2.05, 4.69) is 5.32 Å². The summed E-state index contributed by atoms with van der Waals surface area (Å²) in [5, 5.41) is 2.60. The first-order valence-electron chi connectivity index (χ1n) is 6.25. The Labute approximate surface area is 103 Å². The Hall–Kier alpha value is -1.10. The second kappa shape index (κ2) is 6.00. The van der Waals surface area contributed by atoms with Crippen LogP contribution >= 0.6 is 0 Å². The Kier molecular flexibility index (Phi) is 4.93. The summed E-state index contributed by atoms with van der Waals surface area (Å²) in [7, 11) is 1.59. The van der Waals surface area contributed by atoms with Crippen molar-refractivity contribution in [3.05, 3.63) is 0 Å². The highest BCUT2D eigenvalue weighted by Gasteiger charge is 2.35. The van der Waals surface area contributed by atoms with E-state index in [0.29, 0.717) is 18.9 Å². The normalized spacial score (nSPS) is 21.7. The van der Waals surface area contributed by atoms with Crippen molar-refractivity contribution >= 4 is 11.8 Å².